The Morgan fingerprint density at radius 3 is 1.85 bits per heavy atom. The first-order valence-corrected chi connectivity index (χ1v) is 13.5. The molecule has 0 bridgehead atoms. The van der Waals surface area contributed by atoms with Gasteiger partial charge in [-0.25, -0.2) is 14.4 Å². The maximum Gasteiger partial charge on any atom is 0.337 e. The Balaban J connectivity index is 1.64. The molecule has 5 N–H and O–H groups in total. The number of amides is 3. The average molecular weight is 621 g/mol. The van der Waals surface area contributed by atoms with Crippen LogP contribution in [0.5, 0.6) is 0 Å². The van der Waals surface area contributed by atoms with Crippen LogP contribution in [0.15, 0.2) is 78.9 Å². The van der Waals surface area contributed by atoms with Gasteiger partial charge in [-0.2, -0.15) is 0 Å². The summed E-state index contributed by atoms with van der Waals surface area (Å²) in [5.41, 5.74) is 0.175. The van der Waals surface area contributed by atoms with Crippen LogP contribution in [0.3, 0.4) is 0 Å². The van der Waals surface area contributed by atoms with Crippen LogP contribution in [0.1, 0.15) is 67.7 Å². The monoisotopic (exact) mass is 620 g/mol. The van der Waals surface area contributed by atoms with Gasteiger partial charge in [0.1, 0.15) is 5.84 Å². The number of methoxy groups -OCH3 is 2. The molecule has 0 unspecified atom stereocenters. The molecule has 5 rings (SSSR count). The number of carbonyl (C=O) groups is 6. The van der Waals surface area contributed by atoms with Crippen molar-refractivity contribution in [1.29, 1.82) is 5.41 Å². The van der Waals surface area contributed by atoms with E-state index in [4.69, 9.17) is 14.9 Å². The molecular weight excluding hydrogens is 596 g/mol. The van der Waals surface area contributed by atoms with E-state index in [1.807, 2.05) is 0 Å². The molecule has 0 aliphatic carbocycles. The molecule has 0 aromatic heterocycles. The molecule has 0 atom stereocenters. The van der Waals surface area contributed by atoms with E-state index in [9.17, 15) is 33.9 Å². The van der Waals surface area contributed by atoms with Crippen molar-refractivity contribution < 1.29 is 43.3 Å². The standard InChI is InChI=1S/C33H24N4O9/c1-45-32(43)17-5-3-7-19(13-17)35-27(34)25-23(29(39)36-20-8-4-6-18(14-20)33(44)46-2)12-11-21(26(25)31(41)42)16-9-10-22-24(15-16)30(40)37-28(22)38/h3-15H,1-2H3,(H2,34,35)(H,36,39)(H,41,42)(H,37,38,40). The molecule has 13 nitrogen and oxygen atoms in total. The van der Waals surface area contributed by atoms with E-state index in [0.29, 0.717) is 0 Å². The number of amidine groups is 1. The maximum absolute atomic E-state index is 13.7. The molecule has 0 spiro atoms. The lowest BCUT2D eigenvalue weighted by molar-refractivity contribution is 0.0592. The quantitative estimate of drug-likeness (QED) is 0.0823. The minimum atomic E-state index is -1.50. The highest BCUT2D eigenvalue weighted by Crippen LogP contribution is 2.32. The average Bonchev–Trinajstić information content (AvgIpc) is 3.35. The summed E-state index contributed by atoms with van der Waals surface area (Å²) in [6, 6.07) is 18.7. The summed E-state index contributed by atoms with van der Waals surface area (Å²) in [7, 11) is 2.42. The number of imide groups is 1. The number of carbonyl (C=O) groups excluding carboxylic acids is 5. The van der Waals surface area contributed by atoms with Crippen molar-refractivity contribution in [3.05, 3.63) is 118 Å². The number of benzene rings is 4. The van der Waals surface area contributed by atoms with Gasteiger partial charge in [0.15, 0.2) is 0 Å². The number of aromatic carboxylic acids is 1. The maximum atomic E-state index is 13.7. The van der Waals surface area contributed by atoms with Gasteiger partial charge in [-0.3, -0.25) is 25.1 Å². The third kappa shape index (κ3) is 5.92. The summed E-state index contributed by atoms with van der Waals surface area (Å²) >= 11 is 0. The highest BCUT2D eigenvalue weighted by atomic mass is 16.5. The second kappa shape index (κ2) is 12.5. The number of fused-ring (bicyclic) bond motifs is 1. The largest absolute Gasteiger partial charge is 0.478 e. The van der Waals surface area contributed by atoms with Crippen LogP contribution in [-0.4, -0.2) is 60.8 Å². The van der Waals surface area contributed by atoms with Crippen molar-refractivity contribution in [2.75, 3.05) is 24.9 Å². The van der Waals surface area contributed by atoms with Gasteiger partial charge < -0.3 is 25.2 Å². The highest BCUT2D eigenvalue weighted by molar-refractivity contribution is 6.23. The van der Waals surface area contributed by atoms with E-state index < -0.39 is 47.0 Å². The summed E-state index contributed by atoms with van der Waals surface area (Å²) in [6.07, 6.45) is 0. The predicted molar refractivity (Wildman–Crippen MR) is 165 cm³/mol. The Labute approximate surface area is 260 Å². The zero-order chi connectivity index (χ0) is 33.1. The smallest absolute Gasteiger partial charge is 0.337 e. The van der Waals surface area contributed by atoms with Crippen LogP contribution in [0.2, 0.25) is 0 Å². The van der Waals surface area contributed by atoms with Crippen LogP contribution < -0.4 is 16.0 Å². The fraction of sp³-hybridized carbons (Fsp3) is 0.0606. The highest BCUT2D eigenvalue weighted by Gasteiger charge is 2.30. The van der Waals surface area contributed by atoms with Crippen molar-refractivity contribution >= 4 is 52.8 Å². The lowest BCUT2D eigenvalue weighted by atomic mass is 9.89. The van der Waals surface area contributed by atoms with E-state index >= 15 is 0 Å². The van der Waals surface area contributed by atoms with E-state index in [0.717, 1.165) is 0 Å². The fourth-order valence-electron chi connectivity index (χ4n) is 4.94. The normalized spacial score (nSPS) is 11.6. The lowest BCUT2D eigenvalue weighted by Gasteiger charge is -2.19. The third-order valence-electron chi connectivity index (χ3n) is 7.06. The third-order valence-corrected chi connectivity index (χ3v) is 7.06. The summed E-state index contributed by atoms with van der Waals surface area (Å²) in [5, 5.41) is 27.0. The molecule has 3 amide bonds. The molecule has 1 heterocycles. The molecule has 13 heteroatoms. The summed E-state index contributed by atoms with van der Waals surface area (Å²) < 4.78 is 9.48. The first kappa shape index (κ1) is 30.8. The lowest BCUT2D eigenvalue weighted by Crippen LogP contribution is -2.24. The number of carboxylic acid groups (broad SMARTS) is 1. The number of anilines is 2. The molecule has 0 fully saturated rings. The molecule has 0 saturated heterocycles. The Bertz CT molecular complexity index is 2000. The van der Waals surface area contributed by atoms with Crippen molar-refractivity contribution in [3.63, 3.8) is 0 Å². The zero-order valence-corrected chi connectivity index (χ0v) is 24.2. The van der Waals surface area contributed by atoms with E-state index in [1.54, 1.807) is 0 Å². The van der Waals surface area contributed by atoms with Gasteiger partial charge in [-0.1, -0.05) is 24.3 Å². The zero-order valence-electron chi connectivity index (χ0n) is 24.2. The number of ether oxygens (including phenoxy) is 2. The van der Waals surface area contributed by atoms with Crippen LogP contribution in [0.25, 0.3) is 11.1 Å². The molecule has 0 radical (unpaired) electrons. The van der Waals surface area contributed by atoms with Gasteiger partial charge in [-0.05, 0) is 65.7 Å². The first-order chi connectivity index (χ1) is 22.0. The van der Waals surface area contributed by atoms with Gasteiger partial charge >= 0.3 is 17.9 Å². The van der Waals surface area contributed by atoms with Gasteiger partial charge in [0.2, 0.25) is 0 Å². The Morgan fingerprint density at radius 1 is 0.696 bits per heavy atom. The van der Waals surface area contributed by atoms with Crippen molar-refractivity contribution in [3.8, 4) is 11.1 Å². The number of hydrogen-bond acceptors (Lipinski definition) is 9. The molecule has 0 saturated carbocycles. The van der Waals surface area contributed by atoms with Gasteiger partial charge in [0.25, 0.3) is 17.7 Å². The van der Waals surface area contributed by atoms with Gasteiger partial charge in [-0.15, -0.1) is 0 Å². The number of nitrogens with one attached hydrogen (secondary N) is 4. The number of rotatable bonds is 8. The fourth-order valence-corrected chi connectivity index (χ4v) is 4.94. The van der Waals surface area contributed by atoms with Crippen molar-refractivity contribution in [2.45, 2.75) is 0 Å². The minimum Gasteiger partial charge on any atom is -0.478 e. The number of hydrogen-bond donors (Lipinski definition) is 5. The van der Waals surface area contributed by atoms with Gasteiger partial charge in [0.05, 0.1) is 47.6 Å². The van der Waals surface area contributed by atoms with Crippen LogP contribution in [0, 0.1) is 5.41 Å². The predicted octanol–water partition coefficient (Wildman–Crippen LogP) is 4.20. The van der Waals surface area contributed by atoms with Crippen molar-refractivity contribution in [2.24, 2.45) is 0 Å². The van der Waals surface area contributed by atoms with Crippen LogP contribution in [0.4, 0.5) is 11.4 Å². The molecule has 4 aromatic rings. The molecule has 230 valence electrons. The van der Waals surface area contributed by atoms with E-state index in [-0.39, 0.29) is 55.9 Å². The molecule has 46 heavy (non-hydrogen) atoms. The van der Waals surface area contributed by atoms with Gasteiger partial charge in [0, 0.05) is 16.9 Å². The van der Waals surface area contributed by atoms with Crippen molar-refractivity contribution in [1.82, 2.24) is 5.32 Å². The topological polar surface area (TPSA) is 201 Å². The Morgan fingerprint density at radius 2 is 1.26 bits per heavy atom. The Kier molecular flexibility index (Phi) is 8.40. The van der Waals surface area contributed by atoms with Crippen LogP contribution in [-0.2, 0) is 9.47 Å². The minimum absolute atomic E-state index is 0.0422. The Hall–Kier alpha value is -6.63. The van der Waals surface area contributed by atoms with E-state index in [1.165, 1.54) is 93.1 Å². The van der Waals surface area contributed by atoms with E-state index in [2.05, 4.69) is 16.0 Å². The number of carboxylic acids is 1. The molecule has 1 aliphatic rings. The van der Waals surface area contributed by atoms with Crippen LogP contribution >= 0.6 is 0 Å². The second-order valence-electron chi connectivity index (χ2n) is 9.86. The molecule has 4 aromatic carbocycles. The SMILES string of the molecule is COC(=O)c1cccc(NC(=N)c2c(C(=O)Nc3cccc(C(=O)OC)c3)ccc(-c3ccc4c(c3)C(=O)NC4=O)c2C(=O)O)c1. The summed E-state index contributed by atoms with van der Waals surface area (Å²) in [6.45, 7) is 0. The first-order valence-electron chi connectivity index (χ1n) is 13.5. The molecular formula is C33H24N4O9. The number of esters is 2. The summed E-state index contributed by atoms with van der Waals surface area (Å²) in [4.78, 5) is 75.1. The molecule has 1 aliphatic heterocycles. The second-order valence-corrected chi connectivity index (χ2v) is 9.86. The summed E-state index contributed by atoms with van der Waals surface area (Å²) in [5.74, 6) is -5.33.